The van der Waals surface area contributed by atoms with Crippen LogP contribution in [0.4, 0.5) is 0 Å². The van der Waals surface area contributed by atoms with Gasteiger partial charge < -0.3 is 10.2 Å². The third-order valence-electron chi connectivity index (χ3n) is 4.07. The van der Waals surface area contributed by atoms with Crippen molar-refractivity contribution in [3.05, 3.63) is 65.7 Å². The van der Waals surface area contributed by atoms with Crippen LogP contribution in [0.5, 0.6) is 0 Å². The summed E-state index contributed by atoms with van der Waals surface area (Å²) in [6.45, 7) is 2.99. The summed E-state index contributed by atoms with van der Waals surface area (Å²) in [6, 6.07) is 15.1. The molecule has 0 heterocycles. The molecule has 140 valence electrons. The summed E-state index contributed by atoms with van der Waals surface area (Å²) in [4.78, 5) is 14.1. The van der Waals surface area contributed by atoms with E-state index in [9.17, 15) is 13.2 Å². The van der Waals surface area contributed by atoms with Crippen LogP contribution >= 0.6 is 0 Å². The molecule has 1 atom stereocenters. The molecule has 2 aromatic carbocycles. The minimum atomic E-state index is -3.74. The summed E-state index contributed by atoms with van der Waals surface area (Å²) in [6.07, 6.45) is 0. The number of likely N-dealkylation sites (N-methyl/N-ethyl adjacent to an activating group) is 2. The molecule has 2 aromatic rings. The van der Waals surface area contributed by atoms with E-state index < -0.39 is 10.0 Å². The zero-order valence-corrected chi connectivity index (χ0v) is 16.1. The zero-order valence-electron chi connectivity index (χ0n) is 15.3. The van der Waals surface area contributed by atoms with E-state index in [1.807, 2.05) is 37.4 Å². The van der Waals surface area contributed by atoms with Crippen molar-refractivity contribution in [2.24, 2.45) is 0 Å². The molecular formula is C19H25N3O3S. The summed E-state index contributed by atoms with van der Waals surface area (Å²) >= 11 is 0. The molecule has 0 bridgehead atoms. The predicted octanol–water partition coefficient (Wildman–Crippen LogP) is 2.02. The second-order valence-corrected chi connectivity index (χ2v) is 7.83. The Kier molecular flexibility index (Phi) is 6.90. The molecule has 0 aliphatic heterocycles. The molecular weight excluding hydrogens is 350 g/mol. The van der Waals surface area contributed by atoms with E-state index in [1.165, 1.54) is 12.1 Å². The Morgan fingerprint density at radius 1 is 1.12 bits per heavy atom. The van der Waals surface area contributed by atoms with Crippen molar-refractivity contribution < 1.29 is 13.2 Å². The number of nitrogens with one attached hydrogen (secondary N) is 2. The van der Waals surface area contributed by atoms with Gasteiger partial charge in [-0.25, -0.2) is 13.1 Å². The SMILES string of the molecule is CNCCN(C)C(=O)c1cccc(S(=O)(=O)NC(C)c2ccccc2)c1. The molecule has 2 N–H and O–H groups in total. The van der Waals surface area contributed by atoms with E-state index in [0.717, 1.165) is 5.56 Å². The molecule has 0 saturated carbocycles. The zero-order chi connectivity index (χ0) is 19.2. The first-order chi connectivity index (χ1) is 12.3. The topological polar surface area (TPSA) is 78.5 Å². The molecule has 7 heteroatoms. The fourth-order valence-electron chi connectivity index (χ4n) is 2.51. The summed E-state index contributed by atoms with van der Waals surface area (Å²) < 4.78 is 28.0. The number of sulfonamides is 1. The van der Waals surface area contributed by atoms with Crippen molar-refractivity contribution in [1.82, 2.24) is 14.9 Å². The molecule has 2 rings (SSSR count). The van der Waals surface area contributed by atoms with Crippen LogP contribution in [-0.2, 0) is 10.0 Å². The number of rotatable bonds is 8. The molecule has 26 heavy (non-hydrogen) atoms. The van der Waals surface area contributed by atoms with E-state index in [1.54, 1.807) is 31.0 Å². The van der Waals surface area contributed by atoms with Crippen molar-refractivity contribution >= 4 is 15.9 Å². The number of benzene rings is 2. The van der Waals surface area contributed by atoms with Crippen LogP contribution in [0.2, 0.25) is 0 Å². The quantitative estimate of drug-likeness (QED) is 0.740. The second-order valence-electron chi connectivity index (χ2n) is 6.11. The van der Waals surface area contributed by atoms with Crippen LogP contribution in [-0.4, -0.2) is 46.4 Å². The summed E-state index contributed by atoms with van der Waals surface area (Å²) in [5.41, 5.74) is 1.22. The largest absolute Gasteiger partial charge is 0.340 e. The van der Waals surface area contributed by atoms with Gasteiger partial charge in [0.1, 0.15) is 0 Å². The van der Waals surface area contributed by atoms with Crippen LogP contribution in [0.1, 0.15) is 28.9 Å². The first-order valence-corrected chi connectivity index (χ1v) is 9.91. The van der Waals surface area contributed by atoms with Crippen LogP contribution in [0.3, 0.4) is 0 Å². The van der Waals surface area contributed by atoms with E-state index in [4.69, 9.17) is 0 Å². The van der Waals surface area contributed by atoms with Gasteiger partial charge in [-0.15, -0.1) is 0 Å². The lowest BCUT2D eigenvalue weighted by atomic mass is 10.1. The highest BCUT2D eigenvalue weighted by atomic mass is 32.2. The summed E-state index contributed by atoms with van der Waals surface area (Å²) in [5, 5.41) is 2.98. The third kappa shape index (κ3) is 5.14. The van der Waals surface area contributed by atoms with Crippen LogP contribution in [0, 0.1) is 0 Å². The van der Waals surface area contributed by atoms with Gasteiger partial charge in [0.15, 0.2) is 0 Å². The molecule has 1 unspecified atom stereocenters. The van der Waals surface area contributed by atoms with Crippen LogP contribution in [0.25, 0.3) is 0 Å². The summed E-state index contributed by atoms with van der Waals surface area (Å²) in [7, 11) is -0.238. The number of carbonyl (C=O) groups excluding carboxylic acids is 1. The number of amides is 1. The van der Waals surface area contributed by atoms with Gasteiger partial charge in [0, 0.05) is 31.7 Å². The highest BCUT2D eigenvalue weighted by molar-refractivity contribution is 7.89. The molecule has 6 nitrogen and oxygen atoms in total. The standard InChI is InChI=1S/C19H25N3O3S/c1-15(16-8-5-4-6-9-16)21-26(24,25)18-11-7-10-17(14-18)19(23)22(3)13-12-20-2/h4-11,14-15,20-21H,12-13H2,1-3H3. The molecule has 0 saturated heterocycles. The minimum Gasteiger partial charge on any atom is -0.340 e. The van der Waals surface area contributed by atoms with Crippen molar-refractivity contribution in [2.45, 2.75) is 17.9 Å². The predicted molar refractivity (Wildman–Crippen MR) is 103 cm³/mol. The Hall–Kier alpha value is -2.22. The third-order valence-corrected chi connectivity index (χ3v) is 5.61. The Morgan fingerprint density at radius 3 is 2.46 bits per heavy atom. The first kappa shape index (κ1) is 20.1. The lowest BCUT2D eigenvalue weighted by Gasteiger charge is -2.18. The van der Waals surface area contributed by atoms with Crippen LogP contribution in [0.15, 0.2) is 59.5 Å². The molecule has 0 aliphatic carbocycles. The van der Waals surface area contributed by atoms with E-state index >= 15 is 0 Å². The van der Waals surface area contributed by atoms with Gasteiger partial charge in [-0.3, -0.25) is 4.79 Å². The molecule has 0 radical (unpaired) electrons. The average molecular weight is 375 g/mol. The smallest absolute Gasteiger partial charge is 0.253 e. The lowest BCUT2D eigenvalue weighted by Crippen LogP contribution is -2.33. The number of nitrogens with zero attached hydrogens (tertiary/aromatic N) is 1. The molecule has 1 amide bonds. The Bertz CT molecular complexity index is 838. The van der Waals surface area contributed by atoms with Crippen LogP contribution < -0.4 is 10.0 Å². The highest BCUT2D eigenvalue weighted by Gasteiger charge is 2.20. The van der Waals surface area contributed by atoms with Crippen molar-refractivity contribution in [3.8, 4) is 0 Å². The lowest BCUT2D eigenvalue weighted by molar-refractivity contribution is 0.0796. The maximum absolute atomic E-state index is 12.7. The number of hydrogen-bond acceptors (Lipinski definition) is 4. The van der Waals surface area contributed by atoms with Gasteiger partial charge in [0.2, 0.25) is 10.0 Å². The second kappa shape index (κ2) is 8.93. The monoisotopic (exact) mass is 375 g/mol. The van der Waals surface area contributed by atoms with Crippen molar-refractivity contribution in [1.29, 1.82) is 0 Å². The average Bonchev–Trinajstić information content (AvgIpc) is 2.66. The normalized spacial score (nSPS) is 12.6. The van der Waals surface area contributed by atoms with Crippen molar-refractivity contribution in [3.63, 3.8) is 0 Å². The van der Waals surface area contributed by atoms with Gasteiger partial charge in [0.25, 0.3) is 5.91 Å². The van der Waals surface area contributed by atoms with E-state index in [2.05, 4.69) is 10.0 Å². The molecule has 0 aliphatic rings. The van der Waals surface area contributed by atoms with E-state index in [-0.39, 0.29) is 16.8 Å². The maximum atomic E-state index is 12.7. The first-order valence-electron chi connectivity index (χ1n) is 8.42. The molecule has 0 fully saturated rings. The maximum Gasteiger partial charge on any atom is 0.253 e. The van der Waals surface area contributed by atoms with E-state index in [0.29, 0.717) is 18.7 Å². The fraction of sp³-hybridized carbons (Fsp3) is 0.316. The Balaban J connectivity index is 2.18. The highest BCUT2D eigenvalue weighted by Crippen LogP contribution is 2.18. The van der Waals surface area contributed by atoms with Gasteiger partial charge in [0.05, 0.1) is 4.90 Å². The summed E-state index contributed by atoms with van der Waals surface area (Å²) in [5.74, 6) is -0.214. The minimum absolute atomic E-state index is 0.0770. The van der Waals surface area contributed by atoms with Gasteiger partial charge >= 0.3 is 0 Å². The Labute approximate surface area is 155 Å². The van der Waals surface area contributed by atoms with Gasteiger partial charge in [-0.05, 0) is 37.7 Å². The fourth-order valence-corrected chi connectivity index (χ4v) is 3.79. The number of hydrogen-bond donors (Lipinski definition) is 2. The van der Waals surface area contributed by atoms with Crippen molar-refractivity contribution in [2.75, 3.05) is 27.2 Å². The number of carbonyl (C=O) groups is 1. The van der Waals surface area contributed by atoms with Gasteiger partial charge in [-0.2, -0.15) is 0 Å². The van der Waals surface area contributed by atoms with Gasteiger partial charge in [-0.1, -0.05) is 36.4 Å². The Morgan fingerprint density at radius 2 is 1.81 bits per heavy atom. The molecule has 0 spiro atoms. The molecule has 0 aromatic heterocycles.